The number of carbonyl (C=O) groups is 2. The molecule has 1 aliphatic rings. The molecule has 1 aliphatic heterocycles. The Morgan fingerprint density at radius 3 is 2.17 bits per heavy atom. The van der Waals surface area contributed by atoms with Crippen LogP contribution in [-0.2, 0) is 23.8 Å². The van der Waals surface area contributed by atoms with Crippen molar-refractivity contribution in [2.24, 2.45) is 5.41 Å². The Hall–Kier alpha value is -1.36. The molecule has 18 heavy (non-hydrogen) atoms. The fraction of sp³-hybridized carbons (Fsp3) is 0.692. The smallest absolute Gasteiger partial charge is 0.323 e. The molecule has 1 saturated heterocycles. The topological polar surface area (TPSA) is 65.1 Å². The molecule has 1 atom stereocenters. The van der Waals surface area contributed by atoms with Crippen molar-refractivity contribution in [2.75, 3.05) is 19.8 Å². The molecular weight excluding hydrogens is 236 g/mol. The van der Waals surface area contributed by atoms with Gasteiger partial charge in [-0.3, -0.25) is 9.59 Å². The zero-order valence-corrected chi connectivity index (χ0v) is 10.9. The van der Waals surface area contributed by atoms with Crippen LogP contribution in [0.1, 0.15) is 26.7 Å². The van der Waals surface area contributed by atoms with Crippen LogP contribution in [0.15, 0.2) is 12.7 Å². The maximum Gasteiger partial charge on any atom is 0.323 e. The van der Waals surface area contributed by atoms with Gasteiger partial charge in [0.1, 0.15) is 0 Å². The van der Waals surface area contributed by atoms with Gasteiger partial charge in [0, 0.05) is 6.42 Å². The minimum Gasteiger partial charge on any atom is -0.465 e. The van der Waals surface area contributed by atoms with Crippen LogP contribution in [0.4, 0.5) is 0 Å². The maximum atomic E-state index is 12.1. The van der Waals surface area contributed by atoms with Gasteiger partial charge in [-0.05, 0) is 20.3 Å². The molecule has 0 amide bonds. The lowest BCUT2D eigenvalue weighted by molar-refractivity contribution is -0.172. The largest absolute Gasteiger partial charge is 0.465 e. The van der Waals surface area contributed by atoms with E-state index in [9.17, 15) is 9.59 Å². The van der Waals surface area contributed by atoms with E-state index in [1.807, 2.05) is 0 Å². The summed E-state index contributed by atoms with van der Waals surface area (Å²) in [6.07, 6.45) is 1.95. The van der Waals surface area contributed by atoms with Crippen molar-refractivity contribution < 1.29 is 23.8 Å². The normalized spacial score (nSPS) is 18.0. The molecule has 0 aromatic carbocycles. The number of epoxide rings is 1. The third-order valence-electron chi connectivity index (χ3n) is 2.80. The Bertz CT molecular complexity index is 301. The first kappa shape index (κ1) is 14.7. The maximum absolute atomic E-state index is 12.1. The molecule has 5 nitrogen and oxygen atoms in total. The van der Waals surface area contributed by atoms with Gasteiger partial charge in [-0.15, -0.1) is 6.58 Å². The fourth-order valence-electron chi connectivity index (χ4n) is 1.86. The molecule has 0 spiro atoms. The number of carbonyl (C=O) groups excluding carboxylic acids is 2. The van der Waals surface area contributed by atoms with Gasteiger partial charge in [-0.1, -0.05) is 6.08 Å². The van der Waals surface area contributed by atoms with Crippen LogP contribution in [0.5, 0.6) is 0 Å². The quantitative estimate of drug-likeness (QED) is 0.285. The molecule has 1 heterocycles. The minimum absolute atomic E-state index is 0.0706. The van der Waals surface area contributed by atoms with Gasteiger partial charge < -0.3 is 14.2 Å². The van der Waals surface area contributed by atoms with Gasteiger partial charge in [0.2, 0.25) is 0 Å². The predicted octanol–water partition coefficient (Wildman–Crippen LogP) is 1.46. The van der Waals surface area contributed by atoms with Crippen LogP contribution in [0.25, 0.3) is 0 Å². The van der Waals surface area contributed by atoms with Crippen molar-refractivity contribution in [1.82, 2.24) is 0 Å². The molecule has 1 fully saturated rings. The molecule has 1 unspecified atom stereocenters. The second-order valence-electron chi connectivity index (χ2n) is 4.18. The Morgan fingerprint density at radius 1 is 1.33 bits per heavy atom. The first-order chi connectivity index (χ1) is 8.60. The van der Waals surface area contributed by atoms with Gasteiger partial charge in [0.25, 0.3) is 0 Å². The second kappa shape index (κ2) is 6.54. The standard InChI is InChI=1S/C13H20O5/c1-4-7-13(8-10-9-18-10,11(14)16-5-2)12(15)17-6-3/h4,10H,1,5-9H2,2-3H3. The Kier molecular flexibility index (Phi) is 5.34. The van der Waals surface area contributed by atoms with Gasteiger partial charge >= 0.3 is 11.9 Å². The number of esters is 2. The molecule has 0 aliphatic carbocycles. The van der Waals surface area contributed by atoms with Crippen LogP contribution in [0.2, 0.25) is 0 Å². The van der Waals surface area contributed by atoms with Crippen molar-refractivity contribution in [3.8, 4) is 0 Å². The highest BCUT2D eigenvalue weighted by Gasteiger charge is 2.51. The molecular formula is C13H20O5. The van der Waals surface area contributed by atoms with Crippen LogP contribution < -0.4 is 0 Å². The Balaban J connectivity index is 2.94. The summed E-state index contributed by atoms with van der Waals surface area (Å²) in [5, 5.41) is 0. The molecule has 0 saturated carbocycles. The highest BCUT2D eigenvalue weighted by molar-refractivity contribution is 6.00. The third-order valence-corrected chi connectivity index (χ3v) is 2.80. The van der Waals surface area contributed by atoms with E-state index in [1.165, 1.54) is 6.08 Å². The molecule has 102 valence electrons. The first-order valence-electron chi connectivity index (χ1n) is 6.17. The summed E-state index contributed by atoms with van der Waals surface area (Å²) in [7, 11) is 0. The number of hydrogen-bond acceptors (Lipinski definition) is 5. The predicted molar refractivity (Wildman–Crippen MR) is 64.9 cm³/mol. The lowest BCUT2D eigenvalue weighted by Gasteiger charge is -2.27. The van der Waals surface area contributed by atoms with Crippen molar-refractivity contribution >= 4 is 11.9 Å². The summed E-state index contributed by atoms with van der Waals surface area (Å²) >= 11 is 0. The van der Waals surface area contributed by atoms with Crippen molar-refractivity contribution in [2.45, 2.75) is 32.8 Å². The zero-order valence-electron chi connectivity index (χ0n) is 10.9. The van der Waals surface area contributed by atoms with E-state index in [4.69, 9.17) is 14.2 Å². The molecule has 1 rings (SSSR count). The van der Waals surface area contributed by atoms with E-state index in [1.54, 1.807) is 13.8 Å². The second-order valence-corrected chi connectivity index (χ2v) is 4.18. The summed E-state index contributed by atoms with van der Waals surface area (Å²) in [4.78, 5) is 24.2. The number of hydrogen-bond donors (Lipinski definition) is 0. The van der Waals surface area contributed by atoms with Gasteiger partial charge in [-0.25, -0.2) is 0 Å². The van der Waals surface area contributed by atoms with E-state index in [-0.39, 0.29) is 32.2 Å². The molecule has 0 aromatic rings. The lowest BCUT2D eigenvalue weighted by atomic mass is 9.80. The van der Waals surface area contributed by atoms with Crippen molar-refractivity contribution in [1.29, 1.82) is 0 Å². The summed E-state index contributed by atoms with van der Waals surface area (Å²) in [5.41, 5.74) is -1.31. The first-order valence-corrected chi connectivity index (χ1v) is 6.17. The summed E-state index contributed by atoms with van der Waals surface area (Å²) < 4.78 is 15.1. The molecule has 0 N–H and O–H groups in total. The summed E-state index contributed by atoms with van der Waals surface area (Å²) in [5.74, 6) is -1.11. The van der Waals surface area contributed by atoms with E-state index < -0.39 is 17.4 Å². The molecule has 0 aromatic heterocycles. The SMILES string of the molecule is C=CCC(CC1CO1)(C(=O)OCC)C(=O)OCC. The van der Waals surface area contributed by atoms with Crippen molar-refractivity contribution in [3.63, 3.8) is 0 Å². The van der Waals surface area contributed by atoms with Gasteiger partial charge in [-0.2, -0.15) is 0 Å². The van der Waals surface area contributed by atoms with E-state index in [0.717, 1.165) is 0 Å². The average Bonchev–Trinajstić information content (AvgIpc) is 3.12. The lowest BCUT2D eigenvalue weighted by Crippen LogP contribution is -2.43. The average molecular weight is 256 g/mol. The van der Waals surface area contributed by atoms with E-state index in [2.05, 4.69) is 6.58 Å². The van der Waals surface area contributed by atoms with Crippen LogP contribution in [0.3, 0.4) is 0 Å². The highest BCUT2D eigenvalue weighted by atomic mass is 16.6. The number of allylic oxidation sites excluding steroid dienone is 1. The van der Waals surface area contributed by atoms with Crippen molar-refractivity contribution in [3.05, 3.63) is 12.7 Å². The molecule has 0 radical (unpaired) electrons. The Labute approximate surface area is 107 Å². The van der Waals surface area contributed by atoms with Crippen LogP contribution >= 0.6 is 0 Å². The zero-order chi connectivity index (χ0) is 13.6. The van der Waals surface area contributed by atoms with Crippen LogP contribution in [0, 0.1) is 5.41 Å². The molecule has 5 heteroatoms. The number of rotatable bonds is 8. The van der Waals surface area contributed by atoms with E-state index >= 15 is 0 Å². The van der Waals surface area contributed by atoms with Gasteiger partial charge in [0.05, 0.1) is 25.9 Å². The fourth-order valence-corrected chi connectivity index (χ4v) is 1.86. The third kappa shape index (κ3) is 3.32. The monoisotopic (exact) mass is 256 g/mol. The van der Waals surface area contributed by atoms with Gasteiger partial charge in [0.15, 0.2) is 5.41 Å². The summed E-state index contributed by atoms with van der Waals surface area (Å²) in [6, 6.07) is 0. The van der Waals surface area contributed by atoms with E-state index in [0.29, 0.717) is 6.61 Å². The van der Waals surface area contributed by atoms with Crippen LogP contribution in [-0.4, -0.2) is 37.9 Å². The summed E-state index contributed by atoms with van der Waals surface area (Å²) in [6.45, 7) is 8.03. The highest BCUT2D eigenvalue weighted by Crippen LogP contribution is 2.36. The minimum atomic E-state index is -1.31. The number of ether oxygens (including phenoxy) is 3. The molecule has 0 bridgehead atoms. The Morgan fingerprint density at radius 2 is 1.83 bits per heavy atom.